The Morgan fingerprint density at radius 2 is 1.43 bits per heavy atom. The minimum Gasteiger partial charge on any atom is -0.294 e. The molecule has 0 radical (unpaired) electrons. The number of hydrogen-bond donors (Lipinski definition) is 0. The number of aryl methyl sites for hydroxylation is 1. The first-order chi connectivity index (χ1) is 13.7. The van der Waals surface area contributed by atoms with Gasteiger partial charge in [-0.2, -0.15) is 5.26 Å². The molecule has 0 bridgehead atoms. The summed E-state index contributed by atoms with van der Waals surface area (Å²) >= 11 is 0. The Morgan fingerprint density at radius 3 is 2.04 bits per heavy atom. The van der Waals surface area contributed by atoms with E-state index in [4.69, 9.17) is 0 Å². The lowest BCUT2D eigenvalue weighted by molar-refractivity contribution is 0.241. The molecule has 1 saturated carbocycles. The Bertz CT molecular complexity index is 941. The molecule has 3 aromatic carbocycles. The van der Waals surface area contributed by atoms with Gasteiger partial charge in [0, 0.05) is 19.6 Å². The Morgan fingerprint density at radius 1 is 0.857 bits per heavy atom. The Kier molecular flexibility index (Phi) is 5.28. The highest BCUT2D eigenvalue weighted by Gasteiger charge is 2.56. The van der Waals surface area contributed by atoms with Crippen LogP contribution >= 0.6 is 0 Å². The molecule has 0 aromatic heterocycles. The summed E-state index contributed by atoms with van der Waals surface area (Å²) in [5, 5.41) is 9.93. The Hall–Kier alpha value is -2.89. The Labute approximate surface area is 168 Å². The summed E-state index contributed by atoms with van der Waals surface area (Å²) in [4.78, 5) is 2.49. The van der Waals surface area contributed by atoms with Crippen LogP contribution in [0.15, 0.2) is 84.9 Å². The van der Waals surface area contributed by atoms with E-state index in [-0.39, 0.29) is 5.41 Å². The minimum absolute atomic E-state index is 0.316. The van der Waals surface area contributed by atoms with Crippen LogP contribution in [0.2, 0.25) is 0 Å². The van der Waals surface area contributed by atoms with Crippen LogP contribution in [-0.2, 0) is 18.5 Å². The van der Waals surface area contributed by atoms with Crippen molar-refractivity contribution >= 4 is 0 Å². The summed E-state index contributed by atoms with van der Waals surface area (Å²) in [5.74, 6) is 0.383. The number of hydrogen-bond acceptors (Lipinski definition) is 2. The molecular weight excluding hydrogens is 340 g/mol. The van der Waals surface area contributed by atoms with Gasteiger partial charge < -0.3 is 0 Å². The maximum absolute atomic E-state index is 9.93. The van der Waals surface area contributed by atoms with E-state index in [0.29, 0.717) is 5.92 Å². The Balaban J connectivity index is 1.52. The summed E-state index contributed by atoms with van der Waals surface area (Å²) in [7, 11) is 0. The molecule has 2 atom stereocenters. The number of nitriles is 1. The summed E-state index contributed by atoms with van der Waals surface area (Å²) < 4.78 is 0. The fourth-order valence-corrected chi connectivity index (χ4v) is 4.13. The molecule has 2 nitrogen and oxygen atoms in total. The topological polar surface area (TPSA) is 27.0 Å². The normalized spacial score (nSPS) is 20.7. The quantitative estimate of drug-likeness (QED) is 0.554. The van der Waals surface area contributed by atoms with Crippen LogP contribution in [0, 0.1) is 24.2 Å². The summed E-state index contributed by atoms with van der Waals surface area (Å²) in [6.45, 7) is 4.87. The van der Waals surface area contributed by atoms with Gasteiger partial charge in [0.1, 0.15) is 0 Å². The van der Waals surface area contributed by atoms with Gasteiger partial charge in [-0.15, -0.1) is 0 Å². The van der Waals surface area contributed by atoms with Crippen molar-refractivity contribution < 1.29 is 0 Å². The van der Waals surface area contributed by atoms with E-state index in [1.807, 2.05) is 18.2 Å². The van der Waals surface area contributed by atoms with Crippen LogP contribution < -0.4 is 0 Å². The molecular formula is C26H26N2. The second-order valence-electron chi connectivity index (χ2n) is 7.99. The second kappa shape index (κ2) is 8.00. The van der Waals surface area contributed by atoms with Gasteiger partial charge in [0.15, 0.2) is 0 Å². The molecule has 0 N–H and O–H groups in total. The second-order valence-corrected chi connectivity index (χ2v) is 7.99. The minimum atomic E-state index is -0.316. The highest BCUT2D eigenvalue weighted by atomic mass is 15.1. The van der Waals surface area contributed by atoms with Gasteiger partial charge in [0.05, 0.1) is 11.5 Å². The van der Waals surface area contributed by atoms with Crippen molar-refractivity contribution in [3.05, 3.63) is 107 Å². The summed E-state index contributed by atoms with van der Waals surface area (Å²) in [5.41, 5.74) is 4.77. The van der Waals surface area contributed by atoms with E-state index in [1.165, 1.54) is 16.7 Å². The molecule has 3 aromatic rings. The van der Waals surface area contributed by atoms with E-state index in [2.05, 4.69) is 84.6 Å². The number of benzene rings is 3. The maximum atomic E-state index is 9.93. The molecule has 0 heterocycles. The van der Waals surface area contributed by atoms with Crippen molar-refractivity contribution in [1.82, 2.24) is 4.90 Å². The average molecular weight is 367 g/mol. The van der Waals surface area contributed by atoms with Crippen LogP contribution in [-0.4, -0.2) is 11.4 Å². The molecule has 0 aliphatic heterocycles. The summed E-state index contributed by atoms with van der Waals surface area (Å²) in [6, 6.07) is 32.3. The first-order valence-corrected chi connectivity index (χ1v) is 9.98. The van der Waals surface area contributed by atoms with Crippen molar-refractivity contribution in [2.45, 2.75) is 31.8 Å². The van der Waals surface area contributed by atoms with Crippen molar-refractivity contribution in [2.24, 2.45) is 5.92 Å². The summed E-state index contributed by atoms with van der Waals surface area (Å²) in [6.07, 6.45) is 0.951. The van der Waals surface area contributed by atoms with Crippen LogP contribution in [0.5, 0.6) is 0 Å². The van der Waals surface area contributed by atoms with Crippen LogP contribution in [0.4, 0.5) is 0 Å². The SMILES string of the molecule is Cc1ccc(CN(Cc2ccccc2)C[C@@H]2C[C@]2(C#N)c2ccccc2)cc1. The van der Waals surface area contributed by atoms with Crippen LogP contribution in [0.1, 0.15) is 28.7 Å². The molecule has 1 aliphatic carbocycles. The highest BCUT2D eigenvalue weighted by molar-refractivity contribution is 5.41. The van der Waals surface area contributed by atoms with Crippen molar-refractivity contribution in [3.63, 3.8) is 0 Å². The highest BCUT2D eigenvalue weighted by Crippen LogP contribution is 2.54. The van der Waals surface area contributed by atoms with Crippen LogP contribution in [0.25, 0.3) is 0 Å². The average Bonchev–Trinajstić information content (AvgIpc) is 3.45. The number of nitrogens with zero attached hydrogens (tertiary/aromatic N) is 2. The predicted octanol–water partition coefficient (Wildman–Crippen LogP) is 5.48. The third-order valence-electron chi connectivity index (χ3n) is 5.85. The van der Waals surface area contributed by atoms with Crippen molar-refractivity contribution in [1.29, 1.82) is 5.26 Å². The number of rotatable bonds is 7. The fraction of sp³-hybridized carbons (Fsp3) is 0.269. The maximum Gasteiger partial charge on any atom is 0.0867 e. The van der Waals surface area contributed by atoms with E-state index in [0.717, 1.165) is 31.6 Å². The first kappa shape index (κ1) is 18.5. The molecule has 4 rings (SSSR count). The van der Waals surface area contributed by atoms with Gasteiger partial charge in [-0.3, -0.25) is 4.90 Å². The molecule has 0 spiro atoms. The predicted molar refractivity (Wildman–Crippen MR) is 114 cm³/mol. The van der Waals surface area contributed by atoms with E-state index < -0.39 is 0 Å². The van der Waals surface area contributed by atoms with E-state index in [1.54, 1.807) is 0 Å². The van der Waals surface area contributed by atoms with Crippen LogP contribution in [0.3, 0.4) is 0 Å². The third kappa shape index (κ3) is 4.01. The van der Waals surface area contributed by atoms with Gasteiger partial charge in [-0.25, -0.2) is 0 Å². The van der Waals surface area contributed by atoms with Gasteiger partial charge in [-0.05, 0) is 36.0 Å². The zero-order valence-electron chi connectivity index (χ0n) is 16.4. The van der Waals surface area contributed by atoms with E-state index >= 15 is 0 Å². The fourth-order valence-electron chi connectivity index (χ4n) is 4.13. The third-order valence-corrected chi connectivity index (χ3v) is 5.85. The lowest BCUT2D eigenvalue weighted by Gasteiger charge is -2.24. The van der Waals surface area contributed by atoms with Crippen molar-refractivity contribution in [3.8, 4) is 6.07 Å². The zero-order chi connectivity index (χ0) is 19.4. The standard InChI is InChI=1S/C26H26N2/c1-21-12-14-23(15-13-21)18-28(17-22-8-4-2-5-9-22)19-25-16-26(25,20-27)24-10-6-3-7-11-24/h2-15,25H,16-19H2,1H3/t25-,26-/m0/s1. The van der Waals surface area contributed by atoms with Gasteiger partial charge in [-0.1, -0.05) is 90.5 Å². The molecule has 0 saturated heterocycles. The van der Waals surface area contributed by atoms with Crippen molar-refractivity contribution in [2.75, 3.05) is 6.54 Å². The first-order valence-electron chi connectivity index (χ1n) is 9.98. The van der Waals surface area contributed by atoms with Gasteiger partial charge in [0.25, 0.3) is 0 Å². The lowest BCUT2D eigenvalue weighted by Crippen LogP contribution is -2.27. The monoisotopic (exact) mass is 366 g/mol. The molecule has 28 heavy (non-hydrogen) atoms. The van der Waals surface area contributed by atoms with Gasteiger partial charge in [0.2, 0.25) is 0 Å². The molecule has 2 heteroatoms. The molecule has 0 unspecified atom stereocenters. The zero-order valence-corrected chi connectivity index (χ0v) is 16.4. The smallest absolute Gasteiger partial charge is 0.0867 e. The molecule has 1 fully saturated rings. The van der Waals surface area contributed by atoms with E-state index in [9.17, 15) is 5.26 Å². The molecule has 1 aliphatic rings. The molecule has 140 valence electrons. The van der Waals surface area contributed by atoms with Gasteiger partial charge >= 0.3 is 0 Å². The largest absolute Gasteiger partial charge is 0.294 e. The molecule has 0 amide bonds. The lowest BCUT2D eigenvalue weighted by atomic mass is 9.94.